The summed E-state index contributed by atoms with van der Waals surface area (Å²) in [5.41, 5.74) is 0.147. The van der Waals surface area contributed by atoms with Gasteiger partial charge in [0, 0.05) is 19.1 Å². The fourth-order valence-corrected chi connectivity index (χ4v) is 3.24. The number of likely N-dealkylation sites (tertiary alicyclic amines) is 1. The first-order chi connectivity index (χ1) is 9.17. The number of rotatable bonds is 3. The lowest BCUT2D eigenvalue weighted by atomic mass is 9.87. The van der Waals surface area contributed by atoms with E-state index in [0.717, 1.165) is 44.8 Å². The molecule has 3 heterocycles. The van der Waals surface area contributed by atoms with Gasteiger partial charge >= 0.3 is 0 Å². The van der Waals surface area contributed by atoms with Crippen LogP contribution in [0.5, 0.6) is 0 Å². The maximum Gasteiger partial charge on any atom is 0.117 e. The lowest BCUT2D eigenvalue weighted by molar-refractivity contribution is -0.0460. The van der Waals surface area contributed by atoms with E-state index in [0.29, 0.717) is 6.04 Å². The van der Waals surface area contributed by atoms with Crippen molar-refractivity contribution in [2.24, 2.45) is 0 Å². The molecule has 2 saturated heterocycles. The molecule has 1 aromatic rings. The molecule has 0 saturated carbocycles. The molecule has 1 atom stereocenters. The van der Waals surface area contributed by atoms with E-state index in [1.54, 1.807) is 6.26 Å². The maximum absolute atomic E-state index is 6.15. The molecule has 106 valence electrons. The van der Waals surface area contributed by atoms with E-state index < -0.39 is 0 Å². The number of likely N-dealkylation sites (N-methyl/N-ethyl adjacent to an activating group) is 1. The Balaban J connectivity index is 1.52. The van der Waals surface area contributed by atoms with Gasteiger partial charge < -0.3 is 14.1 Å². The van der Waals surface area contributed by atoms with Crippen LogP contribution in [0.15, 0.2) is 22.8 Å². The Morgan fingerprint density at radius 1 is 1.37 bits per heavy atom. The van der Waals surface area contributed by atoms with Crippen molar-refractivity contribution in [3.63, 3.8) is 0 Å². The number of hydrogen-bond acceptors (Lipinski definition) is 4. The van der Waals surface area contributed by atoms with Gasteiger partial charge in [-0.2, -0.15) is 0 Å². The predicted octanol–water partition coefficient (Wildman–Crippen LogP) is 1.96. The summed E-state index contributed by atoms with van der Waals surface area (Å²) >= 11 is 0. The Kier molecular flexibility index (Phi) is 3.65. The molecule has 1 spiro atoms. The molecule has 0 N–H and O–H groups in total. The molecule has 0 aliphatic carbocycles. The summed E-state index contributed by atoms with van der Waals surface area (Å²) < 4.78 is 11.6. The van der Waals surface area contributed by atoms with Gasteiger partial charge in [0.05, 0.1) is 25.0 Å². The van der Waals surface area contributed by atoms with Crippen molar-refractivity contribution in [3.05, 3.63) is 24.2 Å². The SMILES string of the molecule is CN(C)[C@H]1COC2(CCN(Cc3ccco3)CC2)C1. The molecule has 19 heavy (non-hydrogen) atoms. The molecular weight excluding hydrogens is 240 g/mol. The summed E-state index contributed by atoms with van der Waals surface area (Å²) in [7, 11) is 4.30. The van der Waals surface area contributed by atoms with Crippen molar-refractivity contribution < 1.29 is 9.15 Å². The Morgan fingerprint density at radius 2 is 2.16 bits per heavy atom. The molecule has 0 radical (unpaired) electrons. The van der Waals surface area contributed by atoms with Crippen molar-refractivity contribution in [3.8, 4) is 0 Å². The molecule has 0 amide bonds. The van der Waals surface area contributed by atoms with Gasteiger partial charge in [-0.05, 0) is 45.5 Å². The Labute approximate surface area is 115 Å². The van der Waals surface area contributed by atoms with Crippen molar-refractivity contribution >= 4 is 0 Å². The highest BCUT2D eigenvalue weighted by Crippen LogP contribution is 2.37. The first kappa shape index (κ1) is 13.2. The van der Waals surface area contributed by atoms with Crippen LogP contribution < -0.4 is 0 Å². The molecule has 0 bridgehead atoms. The van der Waals surface area contributed by atoms with Gasteiger partial charge in [-0.25, -0.2) is 0 Å². The highest BCUT2D eigenvalue weighted by molar-refractivity contribution is 5.00. The lowest BCUT2D eigenvalue weighted by Crippen LogP contribution is -2.44. The standard InChI is InChI=1S/C15H24N2O2/c1-16(2)13-10-15(19-12-13)5-7-17(8-6-15)11-14-4-3-9-18-14/h3-4,9,13H,5-8,10-12H2,1-2H3/t13-/m1/s1. The van der Waals surface area contributed by atoms with Crippen LogP contribution in [0.1, 0.15) is 25.0 Å². The molecule has 4 nitrogen and oxygen atoms in total. The molecular formula is C15H24N2O2. The maximum atomic E-state index is 6.15. The second kappa shape index (κ2) is 5.27. The highest BCUT2D eigenvalue weighted by atomic mass is 16.5. The van der Waals surface area contributed by atoms with Gasteiger partial charge in [0.25, 0.3) is 0 Å². The Hall–Kier alpha value is -0.840. The molecule has 2 aliphatic heterocycles. The van der Waals surface area contributed by atoms with E-state index >= 15 is 0 Å². The molecule has 1 aromatic heterocycles. The summed E-state index contributed by atoms with van der Waals surface area (Å²) in [4.78, 5) is 4.76. The smallest absolute Gasteiger partial charge is 0.117 e. The van der Waals surface area contributed by atoms with Crippen molar-refractivity contribution in [1.82, 2.24) is 9.80 Å². The van der Waals surface area contributed by atoms with E-state index in [2.05, 4.69) is 30.0 Å². The quantitative estimate of drug-likeness (QED) is 0.834. The topological polar surface area (TPSA) is 28.9 Å². The third-order valence-electron chi connectivity index (χ3n) is 4.65. The summed E-state index contributed by atoms with van der Waals surface area (Å²) in [6.07, 6.45) is 5.24. The van der Waals surface area contributed by atoms with Crippen molar-refractivity contribution in [2.45, 2.75) is 37.5 Å². The fourth-order valence-electron chi connectivity index (χ4n) is 3.24. The number of piperidine rings is 1. The van der Waals surface area contributed by atoms with Crippen LogP contribution in [0.4, 0.5) is 0 Å². The van der Waals surface area contributed by atoms with Crippen LogP contribution in [0, 0.1) is 0 Å². The van der Waals surface area contributed by atoms with Crippen LogP contribution in [0.25, 0.3) is 0 Å². The predicted molar refractivity (Wildman–Crippen MR) is 74.0 cm³/mol. The summed E-state index contributed by atoms with van der Waals surface area (Å²) in [5, 5.41) is 0. The highest BCUT2D eigenvalue weighted by Gasteiger charge is 2.43. The molecule has 2 aliphatic rings. The van der Waals surface area contributed by atoms with Gasteiger partial charge in [-0.1, -0.05) is 0 Å². The van der Waals surface area contributed by atoms with Gasteiger partial charge in [-0.15, -0.1) is 0 Å². The normalized spacial score (nSPS) is 27.4. The average molecular weight is 264 g/mol. The zero-order valence-corrected chi connectivity index (χ0v) is 12.0. The van der Waals surface area contributed by atoms with Crippen LogP contribution >= 0.6 is 0 Å². The van der Waals surface area contributed by atoms with Crippen LogP contribution in [0.3, 0.4) is 0 Å². The first-order valence-electron chi connectivity index (χ1n) is 7.22. The zero-order chi connectivity index (χ0) is 13.3. The van der Waals surface area contributed by atoms with Gasteiger partial charge in [0.1, 0.15) is 5.76 Å². The van der Waals surface area contributed by atoms with Gasteiger partial charge in [-0.3, -0.25) is 4.90 Å². The third kappa shape index (κ3) is 2.86. The second-order valence-electron chi connectivity index (χ2n) is 6.17. The van der Waals surface area contributed by atoms with Gasteiger partial charge in [0.2, 0.25) is 0 Å². The zero-order valence-electron chi connectivity index (χ0n) is 12.0. The Bertz CT molecular complexity index is 394. The van der Waals surface area contributed by atoms with E-state index in [1.807, 2.05) is 6.07 Å². The third-order valence-corrected chi connectivity index (χ3v) is 4.65. The molecule has 4 heteroatoms. The molecule has 2 fully saturated rings. The minimum Gasteiger partial charge on any atom is -0.468 e. The minimum atomic E-state index is 0.147. The largest absolute Gasteiger partial charge is 0.468 e. The monoisotopic (exact) mass is 264 g/mol. The summed E-state index contributed by atoms with van der Waals surface area (Å²) in [6.45, 7) is 4.05. The minimum absolute atomic E-state index is 0.147. The lowest BCUT2D eigenvalue weighted by Gasteiger charge is -2.38. The fraction of sp³-hybridized carbons (Fsp3) is 0.733. The number of ether oxygens (including phenoxy) is 1. The van der Waals surface area contributed by atoms with E-state index in [9.17, 15) is 0 Å². The number of hydrogen-bond donors (Lipinski definition) is 0. The first-order valence-corrected chi connectivity index (χ1v) is 7.22. The van der Waals surface area contributed by atoms with E-state index in [-0.39, 0.29) is 5.60 Å². The van der Waals surface area contributed by atoms with E-state index in [1.165, 1.54) is 6.42 Å². The molecule has 0 unspecified atom stereocenters. The second-order valence-corrected chi connectivity index (χ2v) is 6.17. The van der Waals surface area contributed by atoms with Gasteiger partial charge in [0.15, 0.2) is 0 Å². The van der Waals surface area contributed by atoms with Crippen LogP contribution in [-0.2, 0) is 11.3 Å². The summed E-state index contributed by atoms with van der Waals surface area (Å²) in [5.74, 6) is 1.06. The molecule has 0 aromatic carbocycles. The number of furan rings is 1. The van der Waals surface area contributed by atoms with Crippen molar-refractivity contribution in [1.29, 1.82) is 0 Å². The van der Waals surface area contributed by atoms with Crippen LogP contribution in [-0.4, -0.2) is 55.2 Å². The Morgan fingerprint density at radius 3 is 2.74 bits per heavy atom. The average Bonchev–Trinajstić information content (AvgIpc) is 3.03. The number of nitrogens with zero attached hydrogens (tertiary/aromatic N) is 2. The molecule has 3 rings (SSSR count). The van der Waals surface area contributed by atoms with Crippen LogP contribution in [0.2, 0.25) is 0 Å². The summed E-state index contributed by atoms with van der Waals surface area (Å²) in [6, 6.07) is 4.61. The van der Waals surface area contributed by atoms with E-state index in [4.69, 9.17) is 9.15 Å². The van der Waals surface area contributed by atoms with Crippen molar-refractivity contribution in [2.75, 3.05) is 33.8 Å².